The highest BCUT2D eigenvalue weighted by Crippen LogP contribution is 2.18. The van der Waals surface area contributed by atoms with Crippen LogP contribution in [0, 0.1) is 6.92 Å². The number of amides is 1. The van der Waals surface area contributed by atoms with Crippen molar-refractivity contribution in [3.8, 4) is 11.3 Å². The van der Waals surface area contributed by atoms with Crippen LogP contribution in [0.4, 0.5) is 0 Å². The number of rotatable bonds is 5. The fourth-order valence-electron chi connectivity index (χ4n) is 3.02. The zero-order valence-corrected chi connectivity index (χ0v) is 15.0. The molecule has 1 N–H and O–H groups in total. The lowest BCUT2D eigenvalue weighted by molar-refractivity contribution is 0.0953. The van der Waals surface area contributed by atoms with E-state index in [1.165, 1.54) is 0 Å². The third-order valence-corrected chi connectivity index (χ3v) is 4.42. The summed E-state index contributed by atoms with van der Waals surface area (Å²) in [6.45, 7) is 2.34. The Morgan fingerprint density at radius 2 is 1.81 bits per heavy atom. The third-order valence-electron chi connectivity index (χ3n) is 4.42. The van der Waals surface area contributed by atoms with Gasteiger partial charge in [0.25, 0.3) is 5.91 Å². The third kappa shape index (κ3) is 3.55. The van der Waals surface area contributed by atoms with Gasteiger partial charge >= 0.3 is 0 Å². The summed E-state index contributed by atoms with van der Waals surface area (Å²) in [7, 11) is 0. The van der Waals surface area contributed by atoms with Crippen LogP contribution in [0.25, 0.3) is 16.9 Å². The van der Waals surface area contributed by atoms with Gasteiger partial charge in [-0.15, -0.1) is 10.2 Å². The number of benzene rings is 1. The first kappa shape index (κ1) is 16.9. The molecule has 3 heterocycles. The Labute approximate surface area is 156 Å². The van der Waals surface area contributed by atoms with Gasteiger partial charge in [0.15, 0.2) is 5.65 Å². The average molecular weight is 357 g/mol. The van der Waals surface area contributed by atoms with Gasteiger partial charge in [-0.2, -0.15) is 0 Å². The summed E-state index contributed by atoms with van der Waals surface area (Å²) in [4.78, 5) is 17.1. The van der Waals surface area contributed by atoms with E-state index in [1.807, 2.05) is 78.2 Å². The smallest absolute Gasteiger partial charge is 0.253 e. The fraction of sp³-hybridized carbons (Fsp3) is 0.143. The van der Waals surface area contributed by atoms with Gasteiger partial charge in [0.05, 0.1) is 17.0 Å². The molecule has 6 nitrogen and oxygen atoms in total. The number of carbonyl (C=O) groups is 1. The summed E-state index contributed by atoms with van der Waals surface area (Å²) in [5.41, 5.74) is 3.99. The number of nitrogens with zero attached hydrogens (tertiary/aromatic N) is 4. The van der Waals surface area contributed by atoms with Crippen LogP contribution in [0.1, 0.15) is 21.9 Å². The average Bonchev–Trinajstić information content (AvgIpc) is 3.12. The minimum absolute atomic E-state index is 0.131. The molecular weight excluding hydrogens is 338 g/mol. The van der Waals surface area contributed by atoms with Crippen LogP contribution in [0.3, 0.4) is 0 Å². The van der Waals surface area contributed by atoms with Crippen molar-refractivity contribution in [2.24, 2.45) is 0 Å². The van der Waals surface area contributed by atoms with Crippen molar-refractivity contribution < 1.29 is 4.79 Å². The lowest BCUT2D eigenvalue weighted by Gasteiger charge is -2.09. The molecular formula is C21H19N5O. The first-order valence-electron chi connectivity index (χ1n) is 8.82. The van der Waals surface area contributed by atoms with Crippen LogP contribution in [-0.2, 0) is 6.42 Å². The minimum atomic E-state index is -0.131. The maximum atomic E-state index is 12.5. The molecule has 134 valence electrons. The van der Waals surface area contributed by atoms with Gasteiger partial charge in [0.1, 0.15) is 5.82 Å². The van der Waals surface area contributed by atoms with Gasteiger partial charge < -0.3 is 5.32 Å². The van der Waals surface area contributed by atoms with E-state index in [1.54, 1.807) is 0 Å². The molecule has 4 aromatic rings. The predicted molar refractivity (Wildman–Crippen MR) is 103 cm³/mol. The van der Waals surface area contributed by atoms with E-state index in [-0.39, 0.29) is 5.91 Å². The van der Waals surface area contributed by atoms with Crippen molar-refractivity contribution in [2.75, 3.05) is 6.54 Å². The van der Waals surface area contributed by atoms with Gasteiger partial charge in [0, 0.05) is 24.7 Å². The number of hydrogen-bond donors (Lipinski definition) is 1. The van der Waals surface area contributed by atoms with Gasteiger partial charge in [0.2, 0.25) is 0 Å². The summed E-state index contributed by atoms with van der Waals surface area (Å²) in [5.74, 6) is 0.689. The van der Waals surface area contributed by atoms with Crippen molar-refractivity contribution >= 4 is 11.6 Å². The molecule has 0 aliphatic carbocycles. The summed E-state index contributed by atoms with van der Waals surface area (Å²) in [6, 6.07) is 19.4. The van der Waals surface area contributed by atoms with E-state index >= 15 is 0 Å². The molecule has 1 amide bonds. The summed E-state index contributed by atoms with van der Waals surface area (Å²) in [5, 5.41) is 11.2. The van der Waals surface area contributed by atoms with Gasteiger partial charge in [-0.3, -0.25) is 14.2 Å². The van der Waals surface area contributed by atoms with Crippen molar-refractivity contribution in [2.45, 2.75) is 13.3 Å². The molecule has 3 aromatic heterocycles. The highest BCUT2D eigenvalue weighted by Gasteiger charge is 2.12. The molecule has 1 aromatic carbocycles. The molecule has 0 atom stereocenters. The first-order valence-corrected chi connectivity index (χ1v) is 8.82. The second-order valence-corrected chi connectivity index (χ2v) is 6.25. The Hall–Kier alpha value is -3.54. The van der Waals surface area contributed by atoms with Crippen LogP contribution in [0.2, 0.25) is 0 Å². The van der Waals surface area contributed by atoms with Gasteiger partial charge in [-0.25, -0.2) is 0 Å². The lowest BCUT2D eigenvalue weighted by atomic mass is 10.1. The van der Waals surface area contributed by atoms with E-state index in [9.17, 15) is 4.79 Å². The molecule has 0 aliphatic rings. The molecule has 0 saturated carbocycles. The number of hydrogen-bond acceptors (Lipinski definition) is 4. The van der Waals surface area contributed by atoms with E-state index in [0.29, 0.717) is 24.2 Å². The molecule has 0 fully saturated rings. The highest BCUT2D eigenvalue weighted by molar-refractivity contribution is 5.95. The van der Waals surface area contributed by atoms with E-state index in [0.717, 1.165) is 22.7 Å². The Kier molecular flexibility index (Phi) is 4.61. The topological polar surface area (TPSA) is 72.2 Å². The SMILES string of the molecule is Cc1nc(-c2ccccc2)ccc1C(=O)NCCc1nnc2ccccn12. The number of carbonyl (C=O) groups excluding carboxylic acids is 1. The monoisotopic (exact) mass is 357 g/mol. The van der Waals surface area contributed by atoms with Crippen LogP contribution in [-0.4, -0.2) is 32.0 Å². The molecule has 0 spiro atoms. The summed E-state index contributed by atoms with van der Waals surface area (Å²) >= 11 is 0. The second kappa shape index (κ2) is 7.37. The predicted octanol–water partition coefficient (Wildman–Crippen LogP) is 3.07. The normalized spacial score (nSPS) is 10.9. The Balaban J connectivity index is 1.42. The summed E-state index contributed by atoms with van der Waals surface area (Å²) in [6.07, 6.45) is 2.52. The maximum Gasteiger partial charge on any atom is 0.253 e. The lowest BCUT2D eigenvalue weighted by Crippen LogP contribution is -2.27. The number of fused-ring (bicyclic) bond motifs is 1. The zero-order chi connectivity index (χ0) is 18.6. The highest BCUT2D eigenvalue weighted by atomic mass is 16.1. The standard InChI is InChI=1S/C21H19N5O/c1-15-17(10-11-18(23-15)16-7-3-2-4-8-16)21(27)22-13-12-20-25-24-19-9-5-6-14-26(19)20/h2-11,14H,12-13H2,1H3,(H,22,27). The zero-order valence-electron chi connectivity index (χ0n) is 15.0. The number of aromatic nitrogens is 4. The molecule has 27 heavy (non-hydrogen) atoms. The van der Waals surface area contributed by atoms with E-state index in [4.69, 9.17) is 0 Å². The Morgan fingerprint density at radius 1 is 1.00 bits per heavy atom. The van der Waals surface area contributed by atoms with Crippen LogP contribution in [0.15, 0.2) is 66.9 Å². The molecule has 0 saturated heterocycles. The fourth-order valence-corrected chi connectivity index (χ4v) is 3.02. The van der Waals surface area contributed by atoms with Crippen molar-refractivity contribution in [3.63, 3.8) is 0 Å². The van der Waals surface area contributed by atoms with Crippen molar-refractivity contribution in [3.05, 3.63) is 83.9 Å². The van der Waals surface area contributed by atoms with Crippen molar-refractivity contribution in [1.82, 2.24) is 24.9 Å². The number of aryl methyl sites for hydroxylation is 1. The van der Waals surface area contributed by atoms with Gasteiger partial charge in [-0.05, 0) is 31.2 Å². The molecule has 0 unspecified atom stereocenters. The maximum absolute atomic E-state index is 12.5. The largest absolute Gasteiger partial charge is 0.352 e. The summed E-state index contributed by atoms with van der Waals surface area (Å²) < 4.78 is 1.92. The Bertz CT molecular complexity index is 1090. The first-order chi connectivity index (χ1) is 13.2. The van der Waals surface area contributed by atoms with Crippen LogP contribution >= 0.6 is 0 Å². The second-order valence-electron chi connectivity index (χ2n) is 6.25. The van der Waals surface area contributed by atoms with E-state index in [2.05, 4.69) is 20.5 Å². The number of nitrogens with one attached hydrogen (secondary N) is 1. The van der Waals surface area contributed by atoms with E-state index < -0.39 is 0 Å². The molecule has 0 aliphatic heterocycles. The van der Waals surface area contributed by atoms with Gasteiger partial charge in [-0.1, -0.05) is 36.4 Å². The molecule has 0 radical (unpaired) electrons. The Morgan fingerprint density at radius 3 is 2.63 bits per heavy atom. The quantitative estimate of drug-likeness (QED) is 0.596. The molecule has 0 bridgehead atoms. The van der Waals surface area contributed by atoms with Crippen molar-refractivity contribution in [1.29, 1.82) is 0 Å². The van der Waals surface area contributed by atoms with Crippen LogP contribution in [0.5, 0.6) is 0 Å². The number of pyridine rings is 2. The molecule has 6 heteroatoms. The van der Waals surface area contributed by atoms with Crippen LogP contribution < -0.4 is 5.32 Å². The molecule has 4 rings (SSSR count). The minimum Gasteiger partial charge on any atom is -0.352 e.